The van der Waals surface area contributed by atoms with Gasteiger partial charge in [0.25, 0.3) is 0 Å². The average molecular weight is 314 g/mol. The lowest BCUT2D eigenvalue weighted by Crippen LogP contribution is -2.22. The molecule has 108 valence electrons. The van der Waals surface area contributed by atoms with E-state index in [1.165, 1.54) is 0 Å². The summed E-state index contributed by atoms with van der Waals surface area (Å²) in [6.45, 7) is 2.57. The van der Waals surface area contributed by atoms with Crippen LogP contribution in [0.1, 0.15) is 37.8 Å². The van der Waals surface area contributed by atoms with Crippen molar-refractivity contribution in [1.82, 2.24) is 5.32 Å². The molecule has 1 N–H and O–H groups in total. The highest BCUT2D eigenvalue weighted by Crippen LogP contribution is 2.31. The standard InChI is InChI=1S/C13H16Cl2F3N/c1-2-19-12(4-3-7-13(16,17)18)10-6-5-9(14)8-11(10)15/h5-6,8,12,19H,2-4,7H2,1H3. The molecule has 0 amide bonds. The number of nitrogens with one attached hydrogen (secondary N) is 1. The van der Waals surface area contributed by atoms with Gasteiger partial charge >= 0.3 is 6.18 Å². The SMILES string of the molecule is CCNC(CCCC(F)(F)F)c1ccc(Cl)cc1Cl. The average Bonchev–Trinajstić information content (AvgIpc) is 2.26. The Morgan fingerprint density at radius 1 is 1.26 bits per heavy atom. The molecule has 0 bridgehead atoms. The first-order chi connectivity index (χ1) is 8.83. The molecule has 1 unspecified atom stereocenters. The van der Waals surface area contributed by atoms with Gasteiger partial charge in [-0.25, -0.2) is 0 Å². The highest BCUT2D eigenvalue weighted by Gasteiger charge is 2.27. The van der Waals surface area contributed by atoms with Crippen LogP contribution in [0.15, 0.2) is 18.2 Å². The summed E-state index contributed by atoms with van der Waals surface area (Å²) in [5, 5.41) is 4.14. The molecular formula is C13H16Cl2F3N. The van der Waals surface area contributed by atoms with E-state index in [1.807, 2.05) is 6.92 Å². The van der Waals surface area contributed by atoms with E-state index < -0.39 is 12.6 Å². The zero-order chi connectivity index (χ0) is 14.5. The fourth-order valence-corrected chi connectivity index (χ4v) is 2.44. The third-order valence-electron chi connectivity index (χ3n) is 2.74. The van der Waals surface area contributed by atoms with Gasteiger partial charge in [0, 0.05) is 22.5 Å². The minimum atomic E-state index is -4.11. The first-order valence-corrected chi connectivity index (χ1v) is 6.84. The van der Waals surface area contributed by atoms with Crippen LogP contribution in [0, 0.1) is 0 Å². The minimum Gasteiger partial charge on any atom is -0.310 e. The van der Waals surface area contributed by atoms with E-state index in [2.05, 4.69) is 5.32 Å². The highest BCUT2D eigenvalue weighted by atomic mass is 35.5. The first-order valence-electron chi connectivity index (χ1n) is 6.08. The van der Waals surface area contributed by atoms with Gasteiger partial charge in [-0.05, 0) is 37.1 Å². The third-order valence-corrected chi connectivity index (χ3v) is 3.30. The molecule has 0 radical (unpaired) electrons. The van der Waals surface area contributed by atoms with Crippen LogP contribution in [0.3, 0.4) is 0 Å². The number of rotatable bonds is 6. The van der Waals surface area contributed by atoms with Crippen molar-refractivity contribution < 1.29 is 13.2 Å². The molecule has 0 aromatic heterocycles. The molecule has 1 nitrogen and oxygen atoms in total. The van der Waals surface area contributed by atoms with Crippen LogP contribution in [-0.4, -0.2) is 12.7 Å². The van der Waals surface area contributed by atoms with Crippen molar-refractivity contribution in [2.24, 2.45) is 0 Å². The van der Waals surface area contributed by atoms with Gasteiger partial charge in [0.05, 0.1) is 0 Å². The zero-order valence-corrected chi connectivity index (χ0v) is 12.0. The van der Waals surface area contributed by atoms with Gasteiger partial charge in [0.2, 0.25) is 0 Å². The summed E-state index contributed by atoms with van der Waals surface area (Å²) in [5.41, 5.74) is 0.787. The molecule has 0 heterocycles. The molecule has 6 heteroatoms. The first kappa shape index (κ1) is 16.6. The topological polar surface area (TPSA) is 12.0 Å². The lowest BCUT2D eigenvalue weighted by molar-refractivity contribution is -0.135. The molecule has 1 aromatic rings. The number of alkyl halides is 3. The Morgan fingerprint density at radius 2 is 1.95 bits per heavy atom. The number of hydrogen-bond acceptors (Lipinski definition) is 1. The second-order valence-electron chi connectivity index (χ2n) is 4.28. The maximum atomic E-state index is 12.2. The molecule has 1 aromatic carbocycles. The minimum absolute atomic E-state index is 0.0696. The lowest BCUT2D eigenvalue weighted by Gasteiger charge is -2.20. The monoisotopic (exact) mass is 313 g/mol. The Hall–Kier alpha value is -0.450. The van der Waals surface area contributed by atoms with E-state index in [0.29, 0.717) is 23.0 Å². The normalized spacial score (nSPS) is 13.6. The maximum absolute atomic E-state index is 12.2. The lowest BCUT2D eigenvalue weighted by atomic mass is 10.0. The van der Waals surface area contributed by atoms with Gasteiger partial charge in [-0.3, -0.25) is 0 Å². The highest BCUT2D eigenvalue weighted by molar-refractivity contribution is 6.35. The Morgan fingerprint density at radius 3 is 2.47 bits per heavy atom. The molecular weight excluding hydrogens is 298 g/mol. The van der Waals surface area contributed by atoms with Crippen molar-refractivity contribution >= 4 is 23.2 Å². The summed E-state index contributed by atoms with van der Waals surface area (Å²) < 4.78 is 36.5. The van der Waals surface area contributed by atoms with Crippen LogP contribution in [0.4, 0.5) is 13.2 Å². The molecule has 0 aliphatic heterocycles. The Kier molecular flexibility index (Phi) is 6.43. The second-order valence-corrected chi connectivity index (χ2v) is 5.13. The van der Waals surface area contributed by atoms with E-state index in [1.54, 1.807) is 18.2 Å². The van der Waals surface area contributed by atoms with Gasteiger partial charge in [-0.15, -0.1) is 0 Å². The van der Waals surface area contributed by atoms with E-state index >= 15 is 0 Å². The molecule has 0 spiro atoms. The van der Waals surface area contributed by atoms with Crippen molar-refractivity contribution in [3.63, 3.8) is 0 Å². The van der Waals surface area contributed by atoms with Crippen LogP contribution < -0.4 is 5.32 Å². The van der Waals surface area contributed by atoms with Crippen LogP contribution >= 0.6 is 23.2 Å². The largest absolute Gasteiger partial charge is 0.389 e. The summed E-state index contributed by atoms with van der Waals surface area (Å²) >= 11 is 11.9. The smallest absolute Gasteiger partial charge is 0.310 e. The molecule has 0 fully saturated rings. The quantitative estimate of drug-likeness (QED) is 0.743. The van der Waals surface area contributed by atoms with Crippen LogP contribution in [0.25, 0.3) is 0 Å². The van der Waals surface area contributed by atoms with Crippen molar-refractivity contribution in [3.05, 3.63) is 33.8 Å². The predicted molar refractivity (Wildman–Crippen MR) is 72.8 cm³/mol. The van der Waals surface area contributed by atoms with Gasteiger partial charge < -0.3 is 5.32 Å². The van der Waals surface area contributed by atoms with Crippen molar-refractivity contribution in [2.45, 2.75) is 38.4 Å². The fraction of sp³-hybridized carbons (Fsp3) is 0.538. The second kappa shape index (κ2) is 7.36. The predicted octanol–water partition coefficient (Wildman–Crippen LogP) is 5.38. The van der Waals surface area contributed by atoms with Gasteiger partial charge in [-0.1, -0.05) is 36.2 Å². The molecule has 19 heavy (non-hydrogen) atoms. The third kappa shape index (κ3) is 6.02. The zero-order valence-electron chi connectivity index (χ0n) is 10.5. The molecule has 0 saturated carbocycles. The van der Waals surface area contributed by atoms with Gasteiger partial charge in [0.1, 0.15) is 0 Å². The van der Waals surface area contributed by atoms with Crippen LogP contribution in [0.5, 0.6) is 0 Å². The van der Waals surface area contributed by atoms with Crippen LogP contribution in [0.2, 0.25) is 10.0 Å². The van der Waals surface area contributed by atoms with Gasteiger partial charge in [-0.2, -0.15) is 13.2 Å². The van der Waals surface area contributed by atoms with Crippen molar-refractivity contribution in [3.8, 4) is 0 Å². The van der Waals surface area contributed by atoms with E-state index in [0.717, 1.165) is 5.56 Å². The Bertz CT molecular complexity index is 407. The molecule has 0 saturated heterocycles. The van der Waals surface area contributed by atoms with E-state index in [9.17, 15) is 13.2 Å². The number of halogens is 5. The van der Waals surface area contributed by atoms with Crippen molar-refractivity contribution in [2.75, 3.05) is 6.54 Å². The molecule has 0 aliphatic carbocycles. The summed E-state index contributed by atoms with van der Waals surface area (Å²) in [5.74, 6) is 0. The molecule has 1 rings (SSSR count). The molecule has 0 aliphatic rings. The number of benzene rings is 1. The maximum Gasteiger partial charge on any atom is 0.389 e. The fourth-order valence-electron chi connectivity index (χ4n) is 1.90. The Labute approximate surface area is 121 Å². The van der Waals surface area contributed by atoms with Crippen LogP contribution in [-0.2, 0) is 0 Å². The number of hydrogen-bond donors (Lipinski definition) is 1. The summed E-state index contributed by atoms with van der Waals surface area (Å²) in [6.07, 6.45) is -4.44. The van der Waals surface area contributed by atoms with Crippen molar-refractivity contribution in [1.29, 1.82) is 0 Å². The summed E-state index contributed by atoms with van der Waals surface area (Å²) in [6, 6.07) is 4.87. The van der Waals surface area contributed by atoms with E-state index in [-0.39, 0.29) is 12.5 Å². The summed E-state index contributed by atoms with van der Waals surface area (Å²) in [4.78, 5) is 0. The van der Waals surface area contributed by atoms with E-state index in [4.69, 9.17) is 23.2 Å². The van der Waals surface area contributed by atoms with Gasteiger partial charge in [0.15, 0.2) is 0 Å². The molecule has 1 atom stereocenters. The summed E-state index contributed by atoms with van der Waals surface area (Å²) in [7, 11) is 0. The Balaban J connectivity index is 2.71.